The Morgan fingerprint density at radius 2 is 1.91 bits per heavy atom. The molecule has 0 aliphatic carbocycles. The first-order valence-corrected chi connectivity index (χ1v) is 8.08. The van der Waals surface area contributed by atoms with Crippen molar-refractivity contribution >= 4 is 22.8 Å². The maximum absolute atomic E-state index is 9.46. The van der Waals surface area contributed by atoms with Gasteiger partial charge in [0.15, 0.2) is 5.16 Å². The molecule has 110 valence electrons. The molecule has 22 heavy (non-hydrogen) atoms. The normalized spacial score (nSPS) is 12.2. The molecule has 2 aromatic carbocycles. The lowest BCUT2D eigenvalue weighted by Gasteiger charge is -2.09. The van der Waals surface area contributed by atoms with Gasteiger partial charge in [0.05, 0.1) is 17.1 Å². The topological polar surface area (TPSA) is 41.6 Å². The third-order valence-electron chi connectivity index (χ3n) is 3.68. The fourth-order valence-corrected chi connectivity index (χ4v) is 3.40. The Balaban J connectivity index is 1.81. The van der Waals surface area contributed by atoms with Gasteiger partial charge < -0.3 is 4.57 Å². The molecule has 0 saturated carbocycles. The van der Waals surface area contributed by atoms with Crippen molar-refractivity contribution in [3.8, 4) is 6.07 Å². The number of imidazole rings is 1. The summed E-state index contributed by atoms with van der Waals surface area (Å²) < 4.78 is 2.06. The van der Waals surface area contributed by atoms with Gasteiger partial charge in [0.1, 0.15) is 5.25 Å². The van der Waals surface area contributed by atoms with Crippen LogP contribution in [0, 0.1) is 18.3 Å². The summed E-state index contributed by atoms with van der Waals surface area (Å²) in [5.41, 5.74) is 4.49. The van der Waals surface area contributed by atoms with Crippen LogP contribution in [0.25, 0.3) is 11.0 Å². The number of hydrogen-bond acceptors (Lipinski definition) is 3. The quantitative estimate of drug-likeness (QED) is 0.681. The summed E-state index contributed by atoms with van der Waals surface area (Å²) >= 11 is 1.53. The lowest BCUT2D eigenvalue weighted by molar-refractivity contribution is 0.811. The van der Waals surface area contributed by atoms with Gasteiger partial charge in [-0.15, -0.1) is 0 Å². The van der Waals surface area contributed by atoms with Crippen LogP contribution in [-0.4, -0.2) is 14.8 Å². The fraction of sp³-hybridized carbons (Fsp3) is 0.222. The van der Waals surface area contributed by atoms with Crippen LogP contribution in [0.4, 0.5) is 0 Å². The summed E-state index contributed by atoms with van der Waals surface area (Å²) in [6.07, 6.45) is 0.727. The van der Waals surface area contributed by atoms with E-state index in [4.69, 9.17) is 0 Å². The second-order valence-electron chi connectivity index (χ2n) is 5.37. The van der Waals surface area contributed by atoms with E-state index in [-0.39, 0.29) is 5.25 Å². The van der Waals surface area contributed by atoms with Crippen LogP contribution in [-0.2, 0) is 13.5 Å². The molecular formula is C18H17N3S. The molecule has 4 heteroatoms. The Bertz CT molecular complexity index is 828. The second kappa shape index (κ2) is 6.25. The number of aromatic nitrogens is 2. The van der Waals surface area contributed by atoms with Gasteiger partial charge in [-0.05, 0) is 31.0 Å². The van der Waals surface area contributed by atoms with E-state index in [9.17, 15) is 5.26 Å². The molecule has 0 amide bonds. The predicted molar refractivity (Wildman–Crippen MR) is 90.9 cm³/mol. The third-order valence-corrected chi connectivity index (χ3v) is 4.81. The van der Waals surface area contributed by atoms with Gasteiger partial charge in [-0.2, -0.15) is 5.26 Å². The van der Waals surface area contributed by atoms with Crippen molar-refractivity contribution < 1.29 is 0 Å². The van der Waals surface area contributed by atoms with Gasteiger partial charge in [0.25, 0.3) is 0 Å². The van der Waals surface area contributed by atoms with Gasteiger partial charge in [-0.1, -0.05) is 53.7 Å². The summed E-state index contributed by atoms with van der Waals surface area (Å²) in [5.74, 6) is 0. The Labute approximate surface area is 134 Å². The van der Waals surface area contributed by atoms with Crippen LogP contribution in [0.3, 0.4) is 0 Å². The Hall–Kier alpha value is -2.25. The number of hydrogen-bond donors (Lipinski definition) is 0. The number of para-hydroxylation sites is 2. The molecule has 3 nitrogen and oxygen atoms in total. The molecule has 1 unspecified atom stereocenters. The van der Waals surface area contributed by atoms with Gasteiger partial charge in [-0.25, -0.2) is 4.98 Å². The van der Waals surface area contributed by atoms with Crippen molar-refractivity contribution in [3.05, 3.63) is 59.7 Å². The molecule has 0 bridgehead atoms. The number of nitriles is 1. The van der Waals surface area contributed by atoms with Gasteiger partial charge >= 0.3 is 0 Å². The SMILES string of the molecule is Cc1ccc(CC(C#N)Sc2nc3ccccc3n2C)cc1. The predicted octanol–water partition coefficient (Wildman–Crippen LogP) is 4.11. The third kappa shape index (κ3) is 3.00. The van der Waals surface area contributed by atoms with E-state index < -0.39 is 0 Å². The van der Waals surface area contributed by atoms with Gasteiger partial charge in [0, 0.05) is 7.05 Å². The molecule has 1 atom stereocenters. The minimum Gasteiger partial charge on any atom is -0.322 e. The molecule has 0 aliphatic heterocycles. The van der Waals surface area contributed by atoms with Crippen molar-refractivity contribution in [1.29, 1.82) is 5.26 Å². The summed E-state index contributed by atoms with van der Waals surface area (Å²) in [4.78, 5) is 4.63. The maximum Gasteiger partial charge on any atom is 0.170 e. The van der Waals surface area contributed by atoms with Crippen LogP contribution in [0.5, 0.6) is 0 Å². The number of thioether (sulfide) groups is 1. The molecule has 1 aromatic heterocycles. The first kappa shape index (κ1) is 14.7. The second-order valence-corrected chi connectivity index (χ2v) is 6.54. The first-order valence-electron chi connectivity index (χ1n) is 7.20. The summed E-state index contributed by atoms with van der Waals surface area (Å²) in [6, 6.07) is 18.8. The van der Waals surface area contributed by atoms with Crippen molar-refractivity contribution in [3.63, 3.8) is 0 Å². The number of aryl methyl sites for hydroxylation is 2. The molecular weight excluding hydrogens is 290 g/mol. The zero-order valence-electron chi connectivity index (χ0n) is 12.7. The number of benzene rings is 2. The average Bonchev–Trinajstić information content (AvgIpc) is 2.85. The number of rotatable bonds is 4. The standard InChI is InChI=1S/C18H17N3S/c1-13-7-9-14(10-8-13)11-15(12-19)22-18-20-16-5-3-4-6-17(16)21(18)2/h3-10,15H,11H2,1-2H3. The Kier molecular flexibility index (Phi) is 4.17. The van der Waals surface area contributed by atoms with Crippen LogP contribution in [0.15, 0.2) is 53.7 Å². The largest absolute Gasteiger partial charge is 0.322 e. The van der Waals surface area contributed by atoms with Crippen molar-refractivity contribution in [2.24, 2.45) is 7.05 Å². The Morgan fingerprint density at radius 1 is 1.18 bits per heavy atom. The summed E-state index contributed by atoms with van der Waals surface area (Å²) in [5, 5.41) is 10.2. The van der Waals surface area contributed by atoms with E-state index in [1.165, 1.54) is 22.9 Å². The van der Waals surface area contributed by atoms with Gasteiger partial charge in [0.2, 0.25) is 0 Å². The van der Waals surface area contributed by atoms with E-state index in [0.717, 1.165) is 22.6 Å². The van der Waals surface area contributed by atoms with Crippen LogP contribution in [0.1, 0.15) is 11.1 Å². The van der Waals surface area contributed by atoms with Crippen LogP contribution < -0.4 is 0 Å². The highest BCUT2D eigenvalue weighted by Crippen LogP contribution is 2.27. The summed E-state index contributed by atoms with van der Waals surface area (Å²) in [7, 11) is 2.00. The highest BCUT2D eigenvalue weighted by atomic mass is 32.2. The molecule has 3 aromatic rings. The monoisotopic (exact) mass is 307 g/mol. The zero-order chi connectivity index (χ0) is 15.5. The molecule has 0 aliphatic rings. The zero-order valence-corrected chi connectivity index (χ0v) is 13.5. The summed E-state index contributed by atoms with van der Waals surface area (Å²) in [6.45, 7) is 2.07. The van der Waals surface area contributed by atoms with E-state index in [1.807, 2.05) is 31.3 Å². The fourth-order valence-electron chi connectivity index (χ4n) is 2.41. The minimum absolute atomic E-state index is 0.141. The molecule has 0 spiro atoms. The molecule has 0 saturated heterocycles. The number of nitrogens with zero attached hydrogens (tertiary/aromatic N) is 3. The highest BCUT2D eigenvalue weighted by Gasteiger charge is 2.15. The highest BCUT2D eigenvalue weighted by molar-refractivity contribution is 8.00. The van der Waals surface area contributed by atoms with Crippen molar-refractivity contribution in [2.45, 2.75) is 23.8 Å². The smallest absolute Gasteiger partial charge is 0.170 e. The van der Waals surface area contributed by atoms with E-state index in [0.29, 0.717) is 0 Å². The van der Waals surface area contributed by atoms with E-state index in [1.54, 1.807) is 0 Å². The molecule has 1 heterocycles. The van der Waals surface area contributed by atoms with E-state index >= 15 is 0 Å². The number of fused-ring (bicyclic) bond motifs is 1. The lowest BCUT2D eigenvalue weighted by Crippen LogP contribution is -2.06. The average molecular weight is 307 g/mol. The molecule has 0 radical (unpaired) electrons. The first-order chi connectivity index (χ1) is 10.7. The van der Waals surface area contributed by atoms with Crippen LogP contribution >= 0.6 is 11.8 Å². The van der Waals surface area contributed by atoms with Crippen LogP contribution in [0.2, 0.25) is 0 Å². The maximum atomic E-state index is 9.46. The van der Waals surface area contributed by atoms with Crippen molar-refractivity contribution in [2.75, 3.05) is 0 Å². The van der Waals surface area contributed by atoms with Gasteiger partial charge in [-0.3, -0.25) is 0 Å². The molecule has 0 fully saturated rings. The molecule has 0 N–H and O–H groups in total. The lowest BCUT2D eigenvalue weighted by atomic mass is 10.1. The molecule has 3 rings (SSSR count). The Morgan fingerprint density at radius 3 is 2.59 bits per heavy atom. The minimum atomic E-state index is -0.141. The van der Waals surface area contributed by atoms with E-state index in [2.05, 4.69) is 46.8 Å². The van der Waals surface area contributed by atoms with Crippen molar-refractivity contribution in [1.82, 2.24) is 9.55 Å².